The fourth-order valence-corrected chi connectivity index (χ4v) is 9.35. The molecule has 10 rings (SSSR count). The number of rotatable bonds is 6. The minimum Gasteiger partial charge on any atom is -0.310 e. The molecule has 8 aromatic carbocycles. The van der Waals surface area contributed by atoms with Gasteiger partial charge in [0.25, 0.3) is 0 Å². The lowest BCUT2D eigenvalue weighted by Gasteiger charge is -2.35. The van der Waals surface area contributed by atoms with Crippen molar-refractivity contribution in [2.24, 2.45) is 0 Å². The fourth-order valence-electron chi connectivity index (χ4n) is 9.35. The van der Waals surface area contributed by atoms with Crippen LogP contribution in [0.4, 0.5) is 17.1 Å². The molecule has 0 unspecified atom stereocenters. The van der Waals surface area contributed by atoms with Crippen LogP contribution < -0.4 is 4.90 Å². The van der Waals surface area contributed by atoms with Gasteiger partial charge in [-0.1, -0.05) is 178 Å². The van der Waals surface area contributed by atoms with E-state index in [-0.39, 0.29) is 5.41 Å². The van der Waals surface area contributed by atoms with Crippen molar-refractivity contribution in [2.45, 2.75) is 24.7 Å². The molecule has 0 saturated carbocycles. The molecule has 252 valence electrons. The van der Waals surface area contributed by atoms with E-state index in [1.165, 1.54) is 72.4 Å². The third-order valence-corrected chi connectivity index (χ3v) is 11.7. The van der Waals surface area contributed by atoms with Crippen molar-refractivity contribution < 1.29 is 0 Å². The van der Waals surface area contributed by atoms with E-state index in [2.05, 4.69) is 219 Å². The zero-order chi connectivity index (χ0) is 35.6. The van der Waals surface area contributed by atoms with Gasteiger partial charge in [-0.2, -0.15) is 0 Å². The largest absolute Gasteiger partial charge is 0.310 e. The van der Waals surface area contributed by atoms with E-state index in [4.69, 9.17) is 0 Å². The molecule has 0 heterocycles. The lowest BCUT2D eigenvalue weighted by atomic mass is 9.67. The Labute approximate surface area is 312 Å². The van der Waals surface area contributed by atoms with E-state index in [0.717, 1.165) is 11.4 Å². The Morgan fingerprint density at radius 3 is 1.49 bits per heavy atom. The van der Waals surface area contributed by atoms with Crippen LogP contribution in [-0.2, 0) is 10.8 Å². The molecule has 0 saturated heterocycles. The van der Waals surface area contributed by atoms with E-state index in [0.29, 0.717) is 0 Å². The smallest absolute Gasteiger partial charge is 0.0714 e. The predicted octanol–water partition coefficient (Wildman–Crippen LogP) is 13.5. The molecule has 0 N–H and O–H groups in total. The highest BCUT2D eigenvalue weighted by Gasteiger charge is 2.46. The molecule has 1 nitrogen and oxygen atoms in total. The summed E-state index contributed by atoms with van der Waals surface area (Å²) in [6.45, 7) is 4.74. The van der Waals surface area contributed by atoms with E-state index in [1.807, 2.05) is 0 Å². The topological polar surface area (TPSA) is 3.24 Å². The summed E-state index contributed by atoms with van der Waals surface area (Å²) in [6.07, 6.45) is 0. The average molecular weight is 678 g/mol. The summed E-state index contributed by atoms with van der Waals surface area (Å²) in [5.74, 6) is 0. The summed E-state index contributed by atoms with van der Waals surface area (Å²) < 4.78 is 0. The second-order valence-electron chi connectivity index (χ2n) is 14.9. The van der Waals surface area contributed by atoms with Gasteiger partial charge in [0.2, 0.25) is 0 Å². The van der Waals surface area contributed by atoms with Crippen molar-refractivity contribution >= 4 is 17.1 Å². The van der Waals surface area contributed by atoms with Gasteiger partial charge in [0, 0.05) is 22.4 Å². The first kappa shape index (κ1) is 31.3. The lowest BCUT2D eigenvalue weighted by Crippen LogP contribution is -2.28. The van der Waals surface area contributed by atoms with Gasteiger partial charge in [-0.05, 0) is 97.6 Å². The Morgan fingerprint density at radius 2 is 0.849 bits per heavy atom. The van der Waals surface area contributed by atoms with E-state index in [1.54, 1.807) is 0 Å². The number of benzene rings is 8. The van der Waals surface area contributed by atoms with E-state index >= 15 is 0 Å². The number of nitrogens with zero attached hydrogens (tertiary/aromatic N) is 1. The van der Waals surface area contributed by atoms with Gasteiger partial charge in [-0.15, -0.1) is 0 Å². The second-order valence-corrected chi connectivity index (χ2v) is 14.9. The highest BCUT2D eigenvalue weighted by molar-refractivity contribution is 5.96. The Balaban J connectivity index is 1.28. The third-order valence-electron chi connectivity index (χ3n) is 11.7. The highest BCUT2D eigenvalue weighted by atomic mass is 15.1. The van der Waals surface area contributed by atoms with Crippen LogP contribution >= 0.6 is 0 Å². The molecule has 1 heteroatoms. The molecule has 8 aromatic rings. The number of fused-ring (bicyclic) bond motifs is 6. The van der Waals surface area contributed by atoms with Crippen molar-refractivity contribution in [3.63, 3.8) is 0 Å². The summed E-state index contributed by atoms with van der Waals surface area (Å²) in [7, 11) is 0. The van der Waals surface area contributed by atoms with Crippen LogP contribution in [0.3, 0.4) is 0 Å². The molecule has 2 aliphatic rings. The Kier molecular flexibility index (Phi) is 7.13. The van der Waals surface area contributed by atoms with Crippen molar-refractivity contribution in [1.82, 2.24) is 0 Å². The van der Waals surface area contributed by atoms with Crippen molar-refractivity contribution in [3.05, 3.63) is 234 Å². The highest BCUT2D eigenvalue weighted by Crippen LogP contribution is 2.58. The van der Waals surface area contributed by atoms with Crippen LogP contribution in [0.2, 0.25) is 0 Å². The average Bonchev–Trinajstić information content (AvgIpc) is 3.64. The second kappa shape index (κ2) is 12.1. The minimum absolute atomic E-state index is 0.145. The molecule has 0 spiro atoms. The molecule has 2 aliphatic carbocycles. The molecular formula is C52H39N. The lowest BCUT2D eigenvalue weighted by molar-refractivity contribution is 0.660. The minimum atomic E-state index is -0.489. The van der Waals surface area contributed by atoms with E-state index < -0.39 is 5.41 Å². The Bertz CT molecular complexity index is 2580. The number of hydrogen-bond donors (Lipinski definition) is 0. The molecule has 0 atom stereocenters. The molecule has 0 fully saturated rings. The van der Waals surface area contributed by atoms with Crippen LogP contribution in [0.5, 0.6) is 0 Å². The standard InChI is InChI=1S/C52H39N/c1-51(2)46-29-17-15-28-42(46)45-34-44(36-19-7-3-8-20-36)50(35-48(45)51)53(39-25-13-6-14-26-39)40-31-32-43-41-27-16-18-30-47(41)52(49(43)33-40,37-21-9-4-10-22-37)38-23-11-5-12-24-38/h3-35H,1-2H3. The maximum atomic E-state index is 2.49. The van der Waals surface area contributed by atoms with Crippen LogP contribution in [0.15, 0.2) is 200 Å². The third kappa shape index (κ3) is 4.64. The first-order chi connectivity index (χ1) is 26.1. The number of anilines is 3. The van der Waals surface area contributed by atoms with Gasteiger partial charge in [0.1, 0.15) is 0 Å². The van der Waals surface area contributed by atoms with Crippen molar-refractivity contribution in [2.75, 3.05) is 4.90 Å². The van der Waals surface area contributed by atoms with Gasteiger partial charge in [-0.25, -0.2) is 0 Å². The quantitative estimate of drug-likeness (QED) is 0.169. The maximum Gasteiger partial charge on any atom is 0.0714 e. The monoisotopic (exact) mass is 677 g/mol. The van der Waals surface area contributed by atoms with Crippen molar-refractivity contribution in [3.8, 4) is 33.4 Å². The van der Waals surface area contributed by atoms with Gasteiger partial charge in [-0.3, -0.25) is 0 Å². The van der Waals surface area contributed by atoms with Crippen LogP contribution in [0.1, 0.15) is 47.2 Å². The molecule has 0 aromatic heterocycles. The molecule has 0 radical (unpaired) electrons. The van der Waals surface area contributed by atoms with Gasteiger partial charge >= 0.3 is 0 Å². The van der Waals surface area contributed by atoms with Crippen LogP contribution in [-0.4, -0.2) is 0 Å². The zero-order valence-corrected chi connectivity index (χ0v) is 30.0. The SMILES string of the molecule is CC1(C)c2ccccc2-c2cc(-c3ccccc3)c(N(c3ccccc3)c3ccc4c(c3)C(c3ccccc3)(c3ccccc3)c3ccccc3-4)cc21. The summed E-state index contributed by atoms with van der Waals surface area (Å²) in [5.41, 5.74) is 18.3. The Hall–Kier alpha value is -6.44. The fraction of sp³-hybridized carbons (Fsp3) is 0.0769. The molecule has 53 heavy (non-hydrogen) atoms. The van der Waals surface area contributed by atoms with Gasteiger partial charge in [0.15, 0.2) is 0 Å². The molecule has 0 amide bonds. The van der Waals surface area contributed by atoms with E-state index in [9.17, 15) is 0 Å². The normalized spacial score (nSPS) is 14.2. The molecule has 0 aliphatic heterocycles. The van der Waals surface area contributed by atoms with Gasteiger partial charge < -0.3 is 4.90 Å². The summed E-state index contributed by atoms with van der Waals surface area (Å²) in [6, 6.07) is 74.0. The predicted molar refractivity (Wildman–Crippen MR) is 221 cm³/mol. The number of hydrogen-bond acceptors (Lipinski definition) is 1. The Morgan fingerprint density at radius 1 is 0.340 bits per heavy atom. The maximum absolute atomic E-state index is 2.49. The summed E-state index contributed by atoms with van der Waals surface area (Å²) >= 11 is 0. The van der Waals surface area contributed by atoms with Crippen LogP contribution in [0.25, 0.3) is 33.4 Å². The molecule has 0 bridgehead atoms. The van der Waals surface area contributed by atoms with Crippen molar-refractivity contribution in [1.29, 1.82) is 0 Å². The summed E-state index contributed by atoms with van der Waals surface area (Å²) in [5, 5.41) is 0. The van der Waals surface area contributed by atoms with Crippen LogP contribution in [0, 0.1) is 0 Å². The van der Waals surface area contributed by atoms with Gasteiger partial charge in [0.05, 0.1) is 11.1 Å². The number of para-hydroxylation sites is 1. The first-order valence-corrected chi connectivity index (χ1v) is 18.6. The zero-order valence-electron chi connectivity index (χ0n) is 30.0. The summed E-state index contributed by atoms with van der Waals surface area (Å²) in [4.78, 5) is 2.49. The first-order valence-electron chi connectivity index (χ1n) is 18.6. The molecular weight excluding hydrogens is 639 g/mol.